The largest absolute Gasteiger partial charge is 0.497 e. The van der Waals surface area contributed by atoms with Gasteiger partial charge in [0.1, 0.15) is 5.75 Å². The van der Waals surface area contributed by atoms with E-state index in [2.05, 4.69) is 44.3 Å². The summed E-state index contributed by atoms with van der Waals surface area (Å²) < 4.78 is 5.33. The highest BCUT2D eigenvalue weighted by molar-refractivity contribution is 5.30. The van der Waals surface area contributed by atoms with Crippen LogP contribution in [0.4, 0.5) is 0 Å². The van der Waals surface area contributed by atoms with Gasteiger partial charge in [0.15, 0.2) is 0 Å². The fourth-order valence-corrected chi connectivity index (χ4v) is 3.52. The van der Waals surface area contributed by atoms with E-state index in [0.29, 0.717) is 12.1 Å². The van der Waals surface area contributed by atoms with Crippen molar-refractivity contribution in [3.63, 3.8) is 0 Å². The van der Waals surface area contributed by atoms with Gasteiger partial charge in [0.2, 0.25) is 0 Å². The fraction of sp³-hybridized carbons (Fsp3) is 0.684. The van der Waals surface area contributed by atoms with Crippen LogP contribution in [0.3, 0.4) is 0 Å². The van der Waals surface area contributed by atoms with Crippen LogP contribution in [0.5, 0.6) is 5.75 Å². The minimum Gasteiger partial charge on any atom is -0.497 e. The van der Waals surface area contributed by atoms with Crippen LogP contribution in [0.25, 0.3) is 0 Å². The maximum absolute atomic E-state index is 5.33. The Bertz CT molecular complexity index is 429. The van der Waals surface area contributed by atoms with Gasteiger partial charge in [-0.25, -0.2) is 0 Å². The molecule has 2 nitrogen and oxygen atoms in total. The maximum atomic E-state index is 5.33. The normalized spacial score (nSPS) is 24.6. The molecular weight excluding hydrogens is 258 g/mol. The molecule has 2 unspecified atom stereocenters. The maximum Gasteiger partial charge on any atom is 0.119 e. The molecule has 2 heteroatoms. The molecule has 0 radical (unpaired) electrons. The number of rotatable bonds is 5. The van der Waals surface area contributed by atoms with Crippen molar-refractivity contribution in [3.8, 4) is 5.75 Å². The van der Waals surface area contributed by atoms with Crippen LogP contribution < -0.4 is 10.1 Å². The SMILES string of the molecule is COc1cccc([C@H](C)NC2CCCC(C(C)C)CC2)c1. The Morgan fingerprint density at radius 3 is 2.62 bits per heavy atom. The van der Waals surface area contributed by atoms with Crippen molar-refractivity contribution in [2.24, 2.45) is 11.8 Å². The van der Waals surface area contributed by atoms with Gasteiger partial charge in [0, 0.05) is 12.1 Å². The minimum atomic E-state index is 0.390. The van der Waals surface area contributed by atoms with Crippen molar-refractivity contribution in [3.05, 3.63) is 29.8 Å². The third-order valence-electron chi connectivity index (χ3n) is 5.04. The Morgan fingerprint density at radius 1 is 1.10 bits per heavy atom. The van der Waals surface area contributed by atoms with E-state index in [1.165, 1.54) is 37.7 Å². The molecule has 0 amide bonds. The smallest absolute Gasteiger partial charge is 0.119 e. The third kappa shape index (κ3) is 4.74. The Morgan fingerprint density at radius 2 is 1.90 bits per heavy atom. The highest BCUT2D eigenvalue weighted by Crippen LogP contribution is 2.30. The highest BCUT2D eigenvalue weighted by Gasteiger charge is 2.22. The lowest BCUT2D eigenvalue weighted by atomic mass is 9.89. The summed E-state index contributed by atoms with van der Waals surface area (Å²) in [6.45, 7) is 7.01. The molecule has 0 saturated heterocycles. The van der Waals surface area contributed by atoms with E-state index in [9.17, 15) is 0 Å². The Kier molecular flexibility index (Phi) is 6.10. The molecule has 1 fully saturated rings. The molecule has 1 saturated carbocycles. The number of hydrogen-bond donors (Lipinski definition) is 1. The zero-order chi connectivity index (χ0) is 15.2. The monoisotopic (exact) mass is 289 g/mol. The standard InChI is InChI=1S/C19H31NO/c1-14(2)16-7-5-9-18(12-11-16)20-15(3)17-8-6-10-19(13-17)21-4/h6,8,10,13-16,18,20H,5,7,9,11-12H2,1-4H3/t15-,16?,18?/m0/s1. The summed E-state index contributed by atoms with van der Waals surface area (Å²) in [5.74, 6) is 2.70. The molecule has 21 heavy (non-hydrogen) atoms. The second kappa shape index (κ2) is 7.84. The molecule has 2 rings (SSSR count). The van der Waals surface area contributed by atoms with Gasteiger partial charge in [-0.3, -0.25) is 0 Å². The first kappa shape index (κ1) is 16.4. The van der Waals surface area contributed by atoms with Crippen LogP contribution in [0, 0.1) is 11.8 Å². The topological polar surface area (TPSA) is 21.3 Å². The minimum absolute atomic E-state index is 0.390. The Hall–Kier alpha value is -1.02. The molecule has 0 aliphatic heterocycles. The van der Waals surface area contributed by atoms with E-state index in [1.807, 2.05) is 6.07 Å². The average molecular weight is 289 g/mol. The number of ether oxygens (including phenoxy) is 1. The predicted molar refractivity (Wildman–Crippen MR) is 89.7 cm³/mol. The van der Waals surface area contributed by atoms with E-state index >= 15 is 0 Å². The third-order valence-corrected chi connectivity index (χ3v) is 5.04. The van der Waals surface area contributed by atoms with Gasteiger partial charge in [0.25, 0.3) is 0 Å². The van der Waals surface area contributed by atoms with Gasteiger partial charge in [-0.2, -0.15) is 0 Å². The molecule has 3 atom stereocenters. The second-order valence-corrected chi connectivity index (χ2v) is 6.87. The zero-order valence-electron chi connectivity index (χ0n) is 14.1. The van der Waals surface area contributed by atoms with Crippen molar-refractivity contribution in [1.82, 2.24) is 5.32 Å². The number of methoxy groups -OCH3 is 1. The molecule has 1 aromatic rings. The lowest BCUT2D eigenvalue weighted by Crippen LogP contribution is -2.31. The van der Waals surface area contributed by atoms with Crippen LogP contribution in [0.15, 0.2) is 24.3 Å². The summed E-state index contributed by atoms with van der Waals surface area (Å²) >= 11 is 0. The Labute approximate surface area is 130 Å². The van der Waals surface area contributed by atoms with E-state index in [0.717, 1.165) is 17.6 Å². The van der Waals surface area contributed by atoms with E-state index in [1.54, 1.807) is 7.11 Å². The van der Waals surface area contributed by atoms with Crippen molar-refractivity contribution >= 4 is 0 Å². The second-order valence-electron chi connectivity index (χ2n) is 6.87. The summed E-state index contributed by atoms with van der Waals surface area (Å²) in [5.41, 5.74) is 1.32. The predicted octanol–water partition coefficient (Wildman–Crippen LogP) is 4.95. The Balaban J connectivity index is 1.91. The average Bonchev–Trinajstić information content (AvgIpc) is 2.73. The fourth-order valence-electron chi connectivity index (χ4n) is 3.52. The van der Waals surface area contributed by atoms with Crippen molar-refractivity contribution in [2.45, 2.75) is 65.0 Å². The first-order valence-electron chi connectivity index (χ1n) is 8.50. The molecule has 0 aromatic heterocycles. The number of hydrogen-bond acceptors (Lipinski definition) is 2. The molecule has 1 N–H and O–H groups in total. The van der Waals surface area contributed by atoms with Crippen molar-refractivity contribution in [1.29, 1.82) is 0 Å². The number of nitrogens with one attached hydrogen (secondary N) is 1. The first-order valence-corrected chi connectivity index (χ1v) is 8.50. The summed E-state index contributed by atoms with van der Waals surface area (Å²) in [6.07, 6.45) is 6.78. The molecule has 118 valence electrons. The van der Waals surface area contributed by atoms with E-state index < -0.39 is 0 Å². The lowest BCUT2D eigenvalue weighted by molar-refractivity contribution is 0.335. The van der Waals surface area contributed by atoms with E-state index in [-0.39, 0.29) is 0 Å². The summed E-state index contributed by atoms with van der Waals surface area (Å²) in [5, 5.41) is 3.83. The molecule has 0 heterocycles. The van der Waals surface area contributed by atoms with Gasteiger partial charge in [0.05, 0.1) is 7.11 Å². The summed E-state index contributed by atoms with van der Waals surface area (Å²) in [7, 11) is 1.73. The molecule has 1 aromatic carbocycles. The summed E-state index contributed by atoms with van der Waals surface area (Å²) in [6, 6.07) is 9.47. The van der Waals surface area contributed by atoms with Gasteiger partial charge in [-0.15, -0.1) is 0 Å². The highest BCUT2D eigenvalue weighted by atomic mass is 16.5. The van der Waals surface area contributed by atoms with Crippen LogP contribution in [-0.4, -0.2) is 13.2 Å². The van der Waals surface area contributed by atoms with Gasteiger partial charge < -0.3 is 10.1 Å². The van der Waals surface area contributed by atoms with Crippen LogP contribution in [0.1, 0.15) is 64.5 Å². The molecular formula is C19H31NO. The molecule has 1 aliphatic rings. The first-order chi connectivity index (χ1) is 10.1. The van der Waals surface area contributed by atoms with Crippen LogP contribution in [-0.2, 0) is 0 Å². The van der Waals surface area contributed by atoms with Crippen LogP contribution in [0.2, 0.25) is 0 Å². The number of benzene rings is 1. The molecule has 1 aliphatic carbocycles. The van der Waals surface area contributed by atoms with Gasteiger partial charge in [-0.1, -0.05) is 38.8 Å². The van der Waals surface area contributed by atoms with Crippen molar-refractivity contribution in [2.75, 3.05) is 7.11 Å². The quantitative estimate of drug-likeness (QED) is 0.774. The van der Waals surface area contributed by atoms with Gasteiger partial charge in [-0.05, 0) is 55.7 Å². The molecule has 0 spiro atoms. The molecule has 0 bridgehead atoms. The van der Waals surface area contributed by atoms with Crippen LogP contribution >= 0.6 is 0 Å². The zero-order valence-corrected chi connectivity index (χ0v) is 14.1. The van der Waals surface area contributed by atoms with E-state index in [4.69, 9.17) is 4.74 Å². The van der Waals surface area contributed by atoms with Gasteiger partial charge >= 0.3 is 0 Å². The lowest BCUT2D eigenvalue weighted by Gasteiger charge is -2.23. The summed E-state index contributed by atoms with van der Waals surface area (Å²) in [4.78, 5) is 0. The van der Waals surface area contributed by atoms with Crippen molar-refractivity contribution < 1.29 is 4.74 Å².